The zero-order valence-corrected chi connectivity index (χ0v) is 26.2. The standard InChI is InChI=1S/C40H37N3O3/c1-25-22-34(16-19-37(25)41)44-31-10-4-28(5-11-31)40(29-6-12-32(13-7-29)45-35-17-20-38(42)26(2)23-35)30-8-14-33(15-9-30)46-36-18-21-39(43)27(3)24-36/h4-24,40H,41-43H2,1-3H3. The van der Waals surface area contributed by atoms with Gasteiger partial charge in [-0.15, -0.1) is 0 Å². The zero-order chi connectivity index (χ0) is 32.2. The topological polar surface area (TPSA) is 106 Å². The second-order valence-electron chi connectivity index (χ2n) is 11.5. The maximum absolute atomic E-state index is 6.13. The van der Waals surface area contributed by atoms with Crippen LogP contribution in [0.25, 0.3) is 0 Å². The van der Waals surface area contributed by atoms with Crippen molar-refractivity contribution in [3.63, 3.8) is 0 Å². The molecule has 46 heavy (non-hydrogen) atoms. The first-order valence-corrected chi connectivity index (χ1v) is 15.1. The van der Waals surface area contributed by atoms with Crippen molar-refractivity contribution in [2.24, 2.45) is 0 Å². The van der Waals surface area contributed by atoms with Crippen molar-refractivity contribution >= 4 is 17.1 Å². The van der Waals surface area contributed by atoms with E-state index < -0.39 is 0 Å². The van der Waals surface area contributed by atoms with E-state index in [9.17, 15) is 0 Å². The molecule has 0 bridgehead atoms. The third-order valence-electron chi connectivity index (χ3n) is 8.07. The Morgan fingerprint density at radius 2 is 0.587 bits per heavy atom. The Labute approximate surface area is 270 Å². The fraction of sp³-hybridized carbons (Fsp3) is 0.100. The van der Waals surface area contributed by atoms with Gasteiger partial charge in [0.15, 0.2) is 0 Å². The molecule has 230 valence electrons. The highest BCUT2D eigenvalue weighted by atomic mass is 16.5. The van der Waals surface area contributed by atoms with Crippen LogP contribution in [0.5, 0.6) is 34.5 Å². The van der Waals surface area contributed by atoms with E-state index in [4.69, 9.17) is 31.4 Å². The molecule has 0 saturated heterocycles. The molecule has 0 saturated carbocycles. The fourth-order valence-electron chi connectivity index (χ4n) is 5.31. The van der Waals surface area contributed by atoms with Gasteiger partial charge in [0.25, 0.3) is 0 Å². The number of nitrogen functional groups attached to an aromatic ring is 3. The first-order chi connectivity index (χ1) is 22.2. The number of benzene rings is 6. The van der Waals surface area contributed by atoms with E-state index in [0.717, 1.165) is 84.9 Å². The van der Waals surface area contributed by atoms with E-state index in [1.165, 1.54) is 0 Å². The Morgan fingerprint density at radius 3 is 0.826 bits per heavy atom. The molecule has 6 N–H and O–H groups in total. The van der Waals surface area contributed by atoms with Crippen molar-refractivity contribution in [3.05, 3.63) is 161 Å². The van der Waals surface area contributed by atoms with E-state index >= 15 is 0 Å². The summed E-state index contributed by atoms with van der Waals surface area (Å²) in [4.78, 5) is 0. The average Bonchev–Trinajstić information content (AvgIpc) is 3.05. The summed E-state index contributed by atoms with van der Waals surface area (Å²) in [5.41, 5.74) is 26.5. The molecule has 0 amide bonds. The van der Waals surface area contributed by atoms with Gasteiger partial charge in [-0.05, 0) is 145 Å². The van der Waals surface area contributed by atoms with E-state index in [1.807, 2.05) is 112 Å². The Bertz CT molecular complexity index is 1740. The van der Waals surface area contributed by atoms with Crippen molar-refractivity contribution < 1.29 is 14.2 Å². The summed E-state index contributed by atoms with van der Waals surface area (Å²) in [7, 11) is 0. The van der Waals surface area contributed by atoms with Crippen LogP contribution in [0, 0.1) is 20.8 Å². The van der Waals surface area contributed by atoms with Crippen LogP contribution in [0.3, 0.4) is 0 Å². The lowest BCUT2D eigenvalue weighted by Crippen LogP contribution is -2.04. The Hall–Kier alpha value is -5.88. The highest BCUT2D eigenvalue weighted by molar-refractivity contribution is 5.53. The smallest absolute Gasteiger partial charge is 0.127 e. The molecule has 6 heteroatoms. The summed E-state index contributed by atoms with van der Waals surface area (Å²) in [5, 5.41) is 0. The minimum atomic E-state index is -0.0477. The van der Waals surface area contributed by atoms with Crippen LogP contribution in [-0.4, -0.2) is 0 Å². The lowest BCUT2D eigenvalue weighted by atomic mass is 9.85. The molecule has 6 aromatic carbocycles. The van der Waals surface area contributed by atoms with Gasteiger partial charge in [-0.2, -0.15) is 0 Å². The molecule has 0 fully saturated rings. The maximum atomic E-state index is 6.13. The molecule has 0 atom stereocenters. The molecule has 0 spiro atoms. The summed E-state index contributed by atoms with van der Waals surface area (Å²) in [5.74, 6) is 4.43. The summed E-state index contributed by atoms with van der Waals surface area (Å²) < 4.78 is 18.4. The molecule has 0 radical (unpaired) electrons. The van der Waals surface area contributed by atoms with Crippen molar-refractivity contribution in [1.29, 1.82) is 0 Å². The van der Waals surface area contributed by atoms with Gasteiger partial charge in [0.1, 0.15) is 34.5 Å². The minimum absolute atomic E-state index is 0.0477. The molecule has 6 nitrogen and oxygen atoms in total. The van der Waals surface area contributed by atoms with Crippen molar-refractivity contribution in [2.75, 3.05) is 17.2 Å². The van der Waals surface area contributed by atoms with E-state index in [1.54, 1.807) is 0 Å². The molecular weight excluding hydrogens is 570 g/mol. The fourth-order valence-corrected chi connectivity index (χ4v) is 5.31. The maximum Gasteiger partial charge on any atom is 0.127 e. The zero-order valence-electron chi connectivity index (χ0n) is 26.2. The highest BCUT2D eigenvalue weighted by Crippen LogP contribution is 2.37. The first kappa shape index (κ1) is 30.2. The van der Waals surface area contributed by atoms with Crippen molar-refractivity contribution in [2.45, 2.75) is 26.7 Å². The lowest BCUT2D eigenvalue weighted by Gasteiger charge is -2.20. The van der Waals surface area contributed by atoms with Crippen LogP contribution in [0.2, 0.25) is 0 Å². The third kappa shape index (κ3) is 6.92. The Kier molecular flexibility index (Phi) is 8.53. The van der Waals surface area contributed by atoms with Crippen LogP contribution in [0.15, 0.2) is 127 Å². The van der Waals surface area contributed by atoms with E-state index in [2.05, 4.69) is 36.4 Å². The molecule has 0 heterocycles. The predicted molar refractivity (Wildman–Crippen MR) is 187 cm³/mol. The summed E-state index contributed by atoms with van der Waals surface area (Å²) in [6.07, 6.45) is 0. The number of ether oxygens (including phenoxy) is 3. The number of hydrogen-bond donors (Lipinski definition) is 3. The SMILES string of the molecule is Cc1cc(Oc2ccc(C(c3ccc(Oc4ccc(N)c(C)c4)cc3)c3ccc(Oc4ccc(N)c(C)c4)cc3)cc2)ccc1N. The molecule has 6 aromatic rings. The van der Waals surface area contributed by atoms with Gasteiger partial charge in [-0.3, -0.25) is 0 Å². The molecule has 0 aliphatic rings. The predicted octanol–water partition coefficient (Wildman–Crippen LogP) is 9.92. The molecular formula is C40H37N3O3. The molecule has 0 aliphatic carbocycles. The monoisotopic (exact) mass is 607 g/mol. The van der Waals surface area contributed by atoms with Crippen LogP contribution < -0.4 is 31.4 Å². The molecule has 6 rings (SSSR count). The van der Waals surface area contributed by atoms with Gasteiger partial charge in [0.05, 0.1) is 0 Å². The molecule has 0 aliphatic heterocycles. The number of anilines is 3. The van der Waals surface area contributed by atoms with Gasteiger partial charge in [-0.25, -0.2) is 0 Å². The van der Waals surface area contributed by atoms with Crippen LogP contribution in [-0.2, 0) is 0 Å². The summed E-state index contributed by atoms with van der Waals surface area (Å²) >= 11 is 0. The van der Waals surface area contributed by atoms with Gasteiger partial charge < -0.3 is 31.4 Å². The quantitative estimate of drug-likeness (QED) is 0.112. The summed E-state index contributed by atoms with van der Waals surface area (Å²) in [6.45, 7) is 5.90. The first-order valence-electron chi connectivity index (χ1n) is 15.1. The molecule has 0 aromatic heterocycles. The second-order valence-corrected chi connectivity index (χ2v) is 11.5. The number of rotatable bonds is 9. The van der Waals surface area contributed by atoms with Crippen molar-refractivity contribution in [1.82, 2.24) is 0 Å². The van der Waals surface area contributed by atoms with Gasteiger partial charge in [0, 0.05) is 23.0 Å². The van der Waals surface area contributed by atoms with E-state index in [-0.39, 0.29) is 5.92 Å². The number of nitrogens with two attached hydrogens (primary N) is 3. The normalized spacial score (nSPS) is 11.0. The van der Waals surface area contributed by atoms with Crippen LogP contribution >= 0.6 is 0 Å². The number of aryl methyl sites for hydroxylation is 3. The second kappa shape index (κ2) is 13.0. The van der Waals surface area contributed by atoms with Gasteiger partial charge >= 0.3 is 0 Å². The van der Waals surface area contributed by atoms with Crippen molar-refractivity contribution in [3.8, 4) is 34.5 Å². The van der Waals surface area contributed by atoms with Gasteiger partial charge in [-0.1, -0.05) is 36.4 Å². The Morgan fingerprint density at radius 1 is 0.348 bits per heavy atom. The largest absolute Gasteiger partial charge is 0.457 e. The van der Waals surface area contributed by atoms with Crippen LogP contribution in [0.1, 0.15) is 39.3 Å². The highest BCUT2D eigenvalue weighted by Gasteiger charge is 2.18. The van der Waals surface area contributed by atoms with E-state index in [0.29, 0.717) is 0 Å². The minimum Gasteiger partial charge on any atom is -0.457 e. The third-order valence-corrected chi connectivity index (χ3v) is 8.07. The summed E-state index contributed by atoms with van der Waals surface area (Å²) in [6, 6.07) is 41.6. The average molecular weight is 608 g/mol. The number of hydrogen-bond acceptors (Lipinski definition) is 6. The Balaban J connectivity index is 1.28. The van der Waals surface area contributed by atoms with Crippen LogP contribution in [0.4, 0.5) is 17.1 Å². The lowest BCUT2D eigenvalue weighted by molar-refractivity contribution is 0.482. The molecule has 0 unspecified atom stereocenters. The van der Waals surface area contributed by atoms with Gasteiger partial charge in [0.2, 0.25) is 0 Å².